The van der Waals surface area contributed by atoms with Gasteiger partial charge in [-0.15, -0.1) is 0 Å². The quantitative estimate of drug-likeness (QED) is 0.852. The number of nitrogens with zero attached hydrogens (tertiary/aromatic N) is 4. The molecule has 0 saturated carbocycles. The van der Waals surface area contributed by atoms with Crippen molar-refractivity contribution in [1.82, 2.24) is 14.5 Å². The van der Waals surface area contributed by atoms with Crippen LogP contribution in [0.1, 0.15) is 10.4 Å². The fourth-order valence-electron chi connectivity index (χ4n) is 2.58. The highest BCUT2D eigenvalue weighted by Crippen LogP contribution is 2.16. The summed E-state index contributed by atoms with van der Waals surface area (Å²) < 4.78 is 1.99. The molecule has 0 atom stereocenters. The monoisotopic (exact) mass is 304 g/mol. The second-order valence-electron chi connectivity index (χ2n) is 5.13. The second kappa shape index (κ2) is 5.77. The van der Waals surface area contributed by atoms with Gasteiger partial charge in [0.25, 0.3) is 5.91 Å². The van der Waals surface area contributed by atoms with E-state index in [-0.39, 0.29) is 5.91 Å². The molecule has 6 heteroatoms. The van der Waals surface area contributed by atoms with E-state index in [2.05, 4.69) is 9.88 Å². The van der Waals surface area contributed by atoms with Crippen LogP contribution in [0.4, 0.5) is 5.95 Å². The SMILES string of the molecule is Cn1ccnc1N1CCN(C(=O)c2cccc(Cl)c2)CC1. The van der Waals surface area contributed by atoms with Crippen LogP contribution >= 0.6 is 11.6 Å². The smallest absolute Gasteiger partial charge is 0.254 e. The highest BCUT2D eigenvalue weighted by Gasteiger charge is 2.23. The first-order chi connectivity index (χ1) is 10.1. The predicted molar refractivity (Wildman–Crippen MR) is 82.8 cm³/mol. The van der Waals surface area contributed by atoms with E-state index >= 15 is 0 Å². The van der Waals surface area contributed by atoms with E-state index < -0.39 is 0 Å². The van der Waals surface area contributed by atoms with Crippen LogP contribution in [0.15, 0.2) is 36.7 Å². The topological polar surface area (TPSA) is 41.4 Å². The Morgan fingerprint density at radius 3 is 2.62 bits per heavy atom. The maximum atomic E-state index is 12.4. The first-order valence-electron chi connectivity index (χ1n) is 6.92. The summed E-state index contributed by atoms with van der Waals surface area (Å²) in [7, 11) is 1.98. The molecular weight excluding hydrogens is 288 g/mol. The summed E-state index contributed by atoms with van der Waals surface area (Å²) in [6, 6.07) is 7.10. The van der Waals surface area contributed by atoms with Crippen molar-refractivity contribution in [2.75, 3.05) is 31.1 Å². The Kier molecular flexibility index (Phi) is 3.84. The molecule has 1 aromatic carbocycles. The number of hydrogen-bond acceptors (Lipinski definition) is 3. The minimum Gasteiger partial charge on any atom is -0.339 e. The minimum absolute atomic E-state index is 0.0389. The summed E-state index contributed by atoms with van der Waals surface area (Å²) in [5, 5.41) is 0.590. The van der Waals surface area contributed by atoms with Crippen LogP contribution in [0, 0.1) is 0 Å². The van der Waals surface area contributed by atoms with Gasteiger partial charge < -0.3 is 14.4 Å². The molecular formula is C15H17ClN4O. The molecule has 110 valence electrons. The molecule has 0 radical (unpaired) electrons. The normalized spacial score (nSPS) is 15.3. The first-order valence-corrected chi connectivity index (χ1v) is 7.30. The summed E-state index contributed by atoms with van der Waals surface area (Å²) in [6.07, 6.45) is 3.72. The first kappa shape index (κ1) is 13.9. The van der Waals surface area contributed by atoms with E-state index in [4.69, 9.17) is 11.6 Å². The summed E-state index contributed by atoms with van der Waals surface area (Å²) in [5.74, 6) is 0.988. The van der Waals surface area contributed by atoms with E-state index in [1.54, 1.807) is 30.5 Å². The lowest BCUT2D eigenvalue weighted by molar-refractivity contribution is 0.0746. The van der Waals surface area contributed by atoms with Gasteiger partial charge >= 0.3 is 0 Å². The molecule has 0 unspecified atom stereocenters. The molecule has 5 nitrogen and oxygen atoms in total. The van der Waals surface area contributed by atoms with E-state index in [0.717, 1.165) is 19.0 Å². The van der Waals surface area contributed by atoms with Crippen molar-refractivity contribution in [2.45, 2.75) is 0 Å². The number of rotatable bonds is 2. The van der Waals surface area contributed by atoms with Gasteiger partial charge in [0, 0.05) is 56.2 Å². The third-order valence-corrected chi connectivity index (χ3v) is 3.95. The second-order valence-corrected chi connectivity index (χ2v) is 5.56. The molecule has 21 heavy (non-hydrogen) atoms. The van der Waals surface area contributed by atoms with Gasteiger partial charge in [-0.3, -0.25) is 4.79 Å². The standard InChI is InChI=1S/C15H17ClN4O/c1-18-6-5-17-15(18)20-9-7-19(8-10-20)14(21)12-3-2-4-13(16)11-12/h2-6,11H,7-10H2,1H3. The maximum Gasteiger partial charge on any atom is 0.254 e. The number of piperazine rings is 1. The van der Waals surface area contributed by atoms with Crippen molar-refractivity contribution >= 4 is 23.5 Å². The fourth-order valence-corrected chi connectivity index (χ4v) is 2.77. The van der Waals surface area contributed by atoms with Gasteiger partial charge in [0.15, 0.2) is 0 Å². The van der Waals surface area contributed by atoms with Crippen LogP contribution in [0.5, 0.6) is 0 Å². The molecule has 1 aliphatic rings. The number of halogens is 1. The zero-order valence-corrected chi connectivity index (χ0v) is 12.6. The van der Waals surface area contributed by atoms with Crippen LogP contribution in [0.25, 0.3) is 0 Å². The lowest BCUT2D eigenvalue weighted by Gasteiger charge is -2.35. The van der Waals surface area contributed by atoms with Crippen molar-refractivity contribution in [1.29, 1.82) is 0 Å². The highest BCUT2D eigenvalue weighted by atomic mass is 35.5. The van der Waals surface area contributed by atoms with Gasteiger partial charge in [-0.25, -0.2) is 4.98 Å². The van der Waals surface area contributed by atoms with Crippen LogP contribution in [0.3, 0.4) is 0 Å². The Hall–Kier alpha value is -2.01. The number of aromatic nitrogens is 2. The molecule has 1 aromatic heterocycles. The zero-order valence-electron chi connectivity index (χ0n) is 11.9. The van der Waals surface area contributed by atoms with E-state index in [9.17, 15) is 4.79 Å². The van der Waals surface area contributed by atoms with Crippen LogP contribution in [0.2, 0.25) is 5.02 Å². The van der Waals surface area contributed by atoms with Crippen molar-refractivity contribution in [3.05, 3.63) is 47.2 Å². The Labute approximate surface area is 128 Å². The van der Waals surface area contributed by atoms with Crippen LogP contribution in [-0.2, 0) is 7.05 Å². The van der Waals surface area contributed by atoms with Crippen LogP contribution < -0.4 is 4.90 Å². The lowest BCUT2D eigenvalue weighted by atomic mass is 10.2. The molecule has 2 heterocycles. The molecule has 1 amide bonds. The molecule has 2 aromatic rings. The van der Waals surface area contributed by atoms with Crippen molar-refractivity contribution in [3.63, 3.8) is 0 Å². The summed E-state index contributed by atoms with van der Waals surface area (Å²) in [5.41, 5.74) is 0.646. The Bertz CT molecular complexity index is 647. The number of aryl methyl sites for hydroxylation is 1. The third-order valence-electron chi connectivity index (χ3n) is 3.72. The Balaban J connectivity index is 1.66. The summed E-state index contributed by atoms with van der Waals surface area (Å²) >= 11 is 5.95. The van der Waals surface area contributed by atoms with E-state index in [0.29, 0.717) is 23.7 Å². The van der Waals surface area contributed by atoms with Gasteiger partial charge in [-0.1, -0.05) is 17.7 Å². The number of carbonyl (C=O) groups excluding carboxylic acids is 1. The molecule has 0 N–H and O–H groups in total. The van der Waals surface area contributed by atoms with Gasteiger partial charge in [0.2, 0.25) is 5.95 Å². The van der Waals surface area contributed by atoms with Crippen molar-refractivity contribution in [3.8, 4) is 0 Å². The number of anilines is 1. The van der Waals surface area contributed by atoms with Gasteiger partial charge in [-0.05, 0) is 18.2 Å². The molecule has 1 fully saturated rings. The van der Waals surface area contributed by atoms with Crippen LogP contribution in [-0.4, -0.2) is 46.5 Å². The lowest BCUT2D eigenvalue weighted by Crippen LogP contribution is -2.49. The van der Waals surface area contributed by atoms with Gasteiger partial charge in [-0.2, -0.15) is 0 Å². The predicted octanol–water partition coefficient (Wildman–Crippen LogP) is 2.04. The molecule has 0 bridgehead atoms. The summed E-state index contributed by atoms with van der Waals surface area (Å²) in [6.45, 7) is 2.96. The average Bonchev–Trinajstić information content (AvgIpc) is 2.93. The largest absolute Gasteiger partial charge is 0.339 e. The molecule has 0 aliphatic carbocycles. The number of benzene rings is 1. The van der Waals surface area contributed by atoms with Crippen molar-refractivity contribution in [2.24, 2.45) is 7.05 Å². The molecule has 3 rings (SSSR count). The third kappa shape index (κ3) is 2.88. The summed E-state index contributed by atoms with van der Waals surface area (Å²) in [4.78, 5) is 20.8. The molecule has 0 spiro atoms. The fraction of sp³-hybridized carbons (Fsp3) is 0.333. The van der Waals surface area contributed by atoms with E-state index in [1.807, 2.05) is 22.7 Å². The van der Waals surface area contributed by atoms with Gasteiger partial charge in [0.1, 0.15) is 0 Å². The van der Waals surface area contributed by atoms with E-state index in [1.165, 1.54) is 0 Å². The minimum atomic E-state index is 0.0389. The highest BCUT2D eigenvalue weighted by molar-refractivity contribution is 6.30. The zero-order chi connectivity index (χ0) is 14.8. The Morgan fingerprint density at radius 1 is 1.24 bits per heavy atom. The molecule has 1 aliphatic heterocycles. The average molecular weight is 305 g/mol. The maximum absolute atomic E-state index is 12.4. The van der Waals surface area contributed by atoms with Gasteiger partial charge in [0.05, 0.1) is 0 Å². The molecule has 1 saturated heterocycles. The number of imidazole rings is 1. The number of carbonyl (C=O) groups is 1. The number of amides is 1. The number of hydrogen-bond donors (Lipinski definition) is 0. The Morgan fingerprint density at radius 2 is 2.00 bits per heavy atom. The van der Waals surface area contributed by atoms with Crippen molar-refractivity contribution < 1.29 is 4.79 Å².